The van der Waals surface area contributed by atoms with Gasteiger partial charge in [-0.2, -0.15) is 0 Å². The number of carboxylic acids is 1. The molecule has 1 N–H and O–H groups in total. The first-order valence-corrected chi connectivity index (χ1v) is 7.09. The molecule has 0 spiro atoms. The van der Waals surface area contributed by atoms with Crippen LogP contribution in [0, 0.1) is 12.8 Å². The van der Waals surface area contributed by atoms with Crippen molar-refractivity contribution in [3.8, 4) is 0 Å². The van der Waals surface area contributed by atoms with Crippen LogP contribution in [-0.4, -0.2) is 28.4 Å². The van der Waals surface area contributed by atoms with Crippen LogP contribution in [0.3, 0.4) is 0 Å². The summed E-state index contributed by atoms with van der Waals surface area (Å²) >= 11 is 0. The Morgan fingerprint density at radius 1 is 1.23 bits per heavy atom. The number of carbonyl (C=O) groups excluding carboxylic acids is 1. The average Bonchev–Trinajstić information content (AvgIpc) is 2.99. The molecule has 0 saturated heterocycles. The van der Waals surface area contributed by atoms with Crippen LogP contribution in [-0.2, 0) is 11.3 Å². The van der Waals surface area contributed by atoms with Gasteiger partial charge in [0.25, 0.3) is 5.91 Å². The molecule has 22 heavy (non-hydrogen) atoms. The van der Waals surface area contributed by atoms with Crippen molar-refractivity contribution >= 4 is 11.9 Å². The van der Waals surface area contributed by atoms with Crippen LogP contribution in [0.2, 0.25) is 0 Å². The molecule has 1 unspecified atom stereocenters. The number of nitrogens with zero attached hydrogens (tertiary/aromatic N) is 1. The second-order valence-corrected chi connectivity index (χ2v) is 5.32. The number of amides is 1. The quantitative estimate of drug-likeness (QED) is 0.890. The monoisotopic (exact) mass is 301 g/mol. The van der Waals surface area contributed by atoms with Crippen molar-refractivity contribution in [2.24, 2.45) is 5.92 Å². The van der Waals surface area contributed by atoms with Gasteiger partial charge < -0.3 is 14.4 Å². The van der Waals surface area contributed by atoms with E-state index in [-0.39, 0.29) is 19.0 Å². The summed E-state index contributed by atoms with van der Waals surface area (Å²) in [6, 6.07) is 10.8. The molecule has 1 aromatic carbocycles. The minimum Gasteiger partial charge on any atom is -0.481 e. The molecule has 116 valence electrons. The molecule has 0 radical (unpaired) electrons. The fraction of sp³-hybridized carbons (Fsp3) is 0.294. The van der Waals surface area contributed by atoms with E-state index in [0.29, 0.717) is 11.3 Å². The number of furan rings is 1. The van der Waals surface area contributed by atoms with Crippen molar-refractivity contribution in [2.75, 3.05) is 6.54 Å². The van der Waals surface area contributed by atoms with Crippen molar-refractivity contribution in [3.05, 3.63) is 59.5 Å². The van der Waals surface area contributed by atoms with Gasteiger partial charge in [0.05, 0.1) is 18.7 Å². The van der Waals surface area contributed by atoms with E-state index in [0.717, 1.165) is 5.56 Å². The number of aliphatic carboxylic acids is 1. The smallest absolute Gasteiger partial charge is 0.308 e. The normalized spacial score (nSPS) is 11.9. The van der Waals surface area contributed by atoms with Gasteiger partial charge in [0.1, 0.15) is 5.76 Å². The number of hydrogen-bond acceptors (Lipinski definition) is 3. The second kappa shape index (κ2) is 6.93. The van der Waals surface area contributed by atoms with Crippen molar-refractivity contribution in [1.29, 1.82) is 0 Å². The Morgan fingerprint density at radius 3 is 2.55 bits per heavy atom. The first-order chi connectivity index (χ1) is 10.5. The van der Waals surface area contributed by atoms with Crippen LogP contribution in [0.15, 0.2) is 47.1 Å². The SMILES string of the molecule is Cc1ccccc1C(=O)N(Cc1ccco1)CC(C)C(=O)O. The minimum atomic E-state index is -0.929. The third-order valence-electron chi connectivity index (χ3n) is 3.51. The summed E-state index contributed by atoms with van der Waals surface area (Å²) in [4.78, 5) is 25.4. The topological polar surface area (TPSA) is 70.8 Å². The molecule has 1 aromatic heterocycles. The summed E-state index contributed by atoms with van der Waals surface area (Å²) in [6.45, 7) is 3.82. The summed E-state index contributed by atoms with van der Waals surface area (Å²) in [6.07, 6.45) is 1.53. The lowest BCUT2D eigenvalue weighted by Gasteiger charge is -2.24. The van der Waals surface area contributed by atoms with Gasteiger partial charge in [-0.05, 0) is 30.7 Å². The molecular weight excluding hydrogens is 282 g/mol. The summed E-state index contributed by atoms with van der Waals surface area (Å²) in [5, 5.41) is 9.10. The van der Waals surface area contributed by atoms with E-state index >= 15 is 0 Å². The average molecular weight is 301 g/mol. The van der Waals surface area contributed by atoms with E-state index in [4.69, 9.17) is 9.52 Å². The predicted octanol–water partition coefficient (Wildman–Crippen LogP) is 2.95. The highest BCUT2D eigenvalue weighted by molar-refractivity contribution is 5.95. The summed E-state index contributed by atoms with van der Waals surface area (Å²) in [5.74, 6) is -1.15. The molecular formula is C17H19NO4. The highest BCUT2D eigenvalue weighted by Gasteiger charge is 2.23. The van der Waals surface area contributed by atoms with Crippen LogP contribution < -0.4 is 0 Å². The molecule has 0 fully saturated rings. The maximum absolute atomic E-state index is 12.7. The van der Waals surface area contributed by atoms with Gasteiger partial charge in [0.2, 0.25) is 0 Å². The number of aryl methyl sites for hydroxylation is 1. The zero-order chi connectivity index (χ0) is 16.1. The predicted molar refractivity (Wildman–Crippen MR) is 81.4 cm³/mol. The van der Waals surface area contributed by atoms with E-state index < -0.39 is 11.9 Å². The molecule has 0 aliphatic rings. The molecule has 2 aromatic rings. The van der Waals surface area contributed by atoms with E-state index in [1.165, 1.54) is 11.2 Å². The number of hydrogen-bond donors (Lipinski definition) is 1. The molecule has 5 nitrogen and oxygen atoms in total. The lowest BCUT2D eigenvalue weighted by molar-refractivity contribution is -0.141. The lowest BCUT2D eigenvalue weighted by Crippen LogP contribution is -2.36. The second-order valence-electron chi connectivity index (χ2n) is 5.32. The third-order valence-corrected chi connectivity index (χ3v) is 3.51. The third kappa shape index (κ3) is 3.75. The summed E-state index contributed by atoms with van der Waals surface area (Å²) < 4.78 is 5.28. The van der Waals surface area contributed by atoms with Gasteiger partial charge in [0.15, 0.2) is 0 Å². The standard InChI is InChI=1S/C17H19NO4/c1-12-6-3-4-8-15(12)16(19)18(10-13(2)17(20)21)11-14-7-5-9-22-14/h3-9,13H,10-11H2,1-2H3,(H,20,21). The van der Waals surface area contributed by atoms with Crippen LogP contribution in [0.4, 0.5) is 0 Å². The van der Waals surface area contributed by atoms with Crippen LogP contribution >= 0.6 is 0 Å². The fourth-order valence-electron chi connectivity index (χ4n) is 2.20. The summed E-state index contributed by atoms with van der Waals surface area (Å²) in [5.41, 5.74) is 1.44. The Balaban J connectivity index is 2.24. The molecule has 1 atom stereocenters. The number of carboxylic acid groups (broad SMARTS) is 1. The van der Waals surface area contributed by atoms with E-state index in [1.807, 2.05) is 19.1 Å². The molecule has 0 aliphatic heterocycles. The van der Waals surface area contributed by atoms with Gasteiger partial charge in [-0.25, -0.2) is 0 Å². The van der Waals surface area contributed by atoms with E-state index in [2.05, 4.69) is 0 Å². The molecule has 1 amide bonds. The van der Waals surface area contributed by atoms with E-state index in [1.54, 1.807) is 31.2 Å². The number of benzene rings is 1. The van der Waals surface area contributed by atoms with Gasteiger partial charge in [-0.15, -0.1) is 0 Å². The van der Waals surface area contributed by atoms with Crippen molar-refractivity contribution in [1.82, 2.24) is 4.90 Å². The number of carbonyl (C=O) groups is 2. The highest BCUT2D eigenvalue weighted by Crippen LogP contribution is 2.15. The maximum Gasteiger partial charge on any atom is 0.308 e. The molecule has 1 heterocycles. The van der Waals surface area contributed by atoms with Crippen molar-refractivity contribution in [2.45, 2.75) is 20.4 Å². The number of rotatable bonds is 6. The van der Waals surface area contributed by atoms with Crippen LogP contribution in [0.1, 0.15) is 28.6 Å². The zero-order valence-corrected chi connectivity index (χ0v) is 12.7. The van der Waals surface area contributed by atoms with Crippen LogP contribution in [0.5, 0.6) is 0 Å². The fourth-order valence-corrected chi connectivity index (χ4v) is 2.20. The maximum atomic E-state index is 12.7. The van der Waals surface area contributed by atoms with Crippen molar-refractivity contribution < 1.29 is 19.1 Å². The first kappa shape index (κ1) is 15.8. The summed E-state index contributed by atoms with van der Waals surface area (Å²) in [7, 11) is 0. The first-order valence-electron chi connectivity index (χ1n) is 7.09. The van der Waals surface area contributed by atoms with Gasteiger partial charge in [-0.3, -0.25) is 9.59 Å². The Morgan fingerprint density at radius 2 is 1.95 bits per heavy atom. The Hall–Kier alpha value is -2.56. The Bertz CT molecular complexity index is 648. The van der Waals surface area contributed by atoms with E-state index in [9.17, 15) is 9.59 Å². The van der Waals surface area contributed by atoms with Gasteiger partial charge in [0, 0.05) is 12.1 Å². The molecule has 0 aliphatic carbocycles. The molecule has 2 rings (SSSR count). The van der Waals surface area contributed by atoms with Gasteiger partial charge >= 0.3 is 5.97 Å². The van der Waals surface area contributed by atoms with Crippen LogP contribution in [0.25, 0.3) is 0 Å². The molecule has 5 heteroatoms. The molecule has 0 saturated carbocycles. The van der Waals surface area contributed by atoms with Gasteiger partial charge in [-0.1, -0.05) is 25.1 Å². The Kier molecular flexibility index (Phi) is 4.99. The Labute approximate surface area is 129 Å². The highest BCUT2D eigenvalue weighted by atomic mass is 16.4. The molecule has 0 bridgehead atoms. The lowest BCUT2D eigenvalue weighted by atomic mass is 10.1. The minimum absolute atomic E-state index is 0.128. The zero-order valence-electron chi connectivity index (χ0n) is 12.7. The van der Waals surface area contributed by atoms with Crippen molar-refractivity contribution in [3.63, 3.8) is 0 Å². The largest absolute Gasteiger partial charge is 0.481 e.